The maximum absolute atomic E-state index is 2.52. The molecule has 0 saturated carbocycles. The highest BCUT2D eigenvalue weighted by Crippen LogP contribution is 2.30. The van der Waals surface area contributed by atoms with Crippen molar-refractivity contribution in [1.82, 2.24) is 0 Å². The molecule has 0 bridgehead atoms. The first-order valence-corrected chi connectivity index (χ1v) is 14.9. The highest BCUT2D eigenvalue weighted by molar-refractivity contribution is 7.16. The molecule has 0 N–H and O–H groups in total. The molecule has 0 aliphatic heterocycles. The fraction of sp³-hybridized carbons (Fsp3) is 0.333. The van der Waals surface area contributed by atoms with Crippen molar-refractivity contribution < 1.29 is 0 Å². The molecule has 0 aromatic heterocycles. The zero-order chi connectivity index (χ0) is 24.5. The van der Waals surface area contributed by atoms with Crippen molar-refractivity contribution in [1.29, 1.82) is 0 Å². The van der Waals surface area contributed by atoms with Gasteiger partial charge >= 0.3 is 0 Å². The van der Waals surface area contributed by atoms with Crippen LogP contribution in [0.25, 0.3) is 0 Å². The van der Waals surface area contributed by atoms with Gasteiger partial charge in [-0.05, 0) is 68.5 Å². The Labute approximate surface area is 208 Å². The summed E-state index contributed by atoms with van der Waals surface area (Å²) < 4.78 is 0. The minimum Gasteiger partial charge on any atom is -0.0801 e. The van der Waals surface area contributed by atoms with E-state index in [1.54, 1.807) is 5.20 Å². The average molecular weight is 465 g/mol. The monoisotopic (exact) mass is 464 g/mol. The van der Waals surface area contributed by atoms with E-state index in [4.69, 9.17) is 0 Å². The van der Waals surface area contributed by atoms with Gasteiger partial charge in [0.05, 0.1) is 0 Å². The van der Waals surface area contributed by atoms with E-state index in [9.17, 15) is 0 Å². The van der Waals surface area contributed by atoms with Crippen molar-refractivity contribution >= 4 is 23.6 Å². The molecule has 4 rings (SSSR count). The zero-order valence-corrected chi connectivity index (χ0v) is 23.0. The molecule has 0 nitrogen and oxygen atoms in total. The Kier molecular flexibility index (Phi) is 7.14. The summed E-state index contributed by atoms with van der Waals surface area (Å²) in [4.78, 5) is 0. The maximum Gasteiger partial charge on any atom is 0.179 e. The minimum atomic E-state index is -2.49. The van der Waals surface area contributed by atoms with E-state index in [2.05, 4.69) is 133 Å². The Morgan fingerprint density at radius 1 is 0.559 bits per heavy atom. The van der Waals surface area contributed by atoms with Gasteiger partial charge in [0.25, 0.3) is 0 Å². The Balaban J connectivity index is 2.15. The summed E-state index contributed by atoms with van der Waals surface area (Å²) in [5, 5.41) is 6.07. The highest BCUT2D eigenvalue weighted by Gasteiger charge is 2.44. The standard InChI is InChI=1S/C33H40Si/c1-23(2)27-13-9-16-30(20-27)34(33-19-8-12-26(33)7,31-17-10-14-28(21-31)24(3)4)32-18-11-15-29(22-32)25(5)6/h9-25H,8H2,1-7H3. The summed E-state index contributed by atoms with van der Waals surface area (Å²) in [6, 6.07) is 28.6. The fourth-order valence-electron chi connectivity index (χ4n) is 5.43. The van der Waals surface area contributed by atoms with Gasteiger partial charge in [0, 0.05) is 0 Å². The van der Waals surface area contributed by atoms with Crippen molar-refractivity contribution in [3.63, 3.8) is 0 Å². The molecule has 0 saturated heterocycles. The summed E-state index contributed by atoms with van der Waals surface area (Å²) in [6.45, 7) is 16.2. The average Bonchev–Trinajstić information content (AvgIpc) is 3.26. The van der Waals surface area contributed by atoms with Gasteiger partial charge in [-0.15, -0.1) is 0 Å². The molecule has 1 heteroatoms. The van der Waals surface area contributed by atoms with Gasteiger partial charge in [-0.25, -0.2) is 0 Å². The third-order valence-electron chi connectivity index (χ3n) is 7.53. The summed E-state index contributed by atoms with van der Waals surface area (Å²) >= 11 is 0. The molecule has 176 valence electrons. The molecule has 3 aromatic carbocycles. The maximum atomic E-state index is 2.52. The largest absolute Gasteiger partial charge is 0.179 e. The molecule has 0 unspecified atom stereocenters. The van der Waals surface area contributed by atoms with Crippen LogP contribution in [0.3, 0.4) is 0 Å². The Morgan fingerprint density at radius 3 is 1.24 bits per heavy atom. The summed E-state index contributed by atoms with van der Waals surface area (Å²) in [6.07, 6.45) is 5.98. The van der Waals surface area contributed by atoms with Crippen molar-refractivity contribution in [2.45, 2.75) is 72.6 Å². The molecule has 0 radical (unpaired) electrons. The number of allylic oxidation sites excluding steroid dienone is 4. The lowest BCUT2D eigenvalue weighted by Crippen LogP contribution is -2.69. The van der Waals surface area contributed by atoms with Gasteiger partial charge in [-0.2, -0.15) is 0 Å². The van der Waals surface area contributed by atoms with Crippen molar-refractivity contribution in [3.8, 4) is 0 Å². The van der Waals surface area contributed by atoms with E-state index in [0.29, 0.717) is 17.8 Å². The van der Waals surface area contributed by atoms with Gasteiger partial charge in [0.2, 0.25) is 0 Å². The molecule has 0 spiro atoms. The van der Waals surface area contributed by atoms with E-state index in [0.717, 1.165) is 6.42 Å². The van der Waals surface area contributed by atoms with Crippen LogP contribution in [-0.4, -0.2) is 8.07 Å². The van der Waals surface area contributed by atoms with E-state index in [-0.39, 0.29) is 0 Å². The molecule has 0 amide bonds. The lowest BCUT2D eigenvalue weighted by molar-refractivity contribution is 0.867. The number of hydrogen-bond donors (Lipinski definition) is 0. The van der Waals surface area contributed by atoms with Gasteiger partial charge in [-0.3, -0.25) is 0 Å². The van der Waals surface area contributed by atoms with Crippen LogP contribution in [0.5, 0.6) is 0 Å². The molecule has 0 atom stereocenters. The second-order valence-electron chi connectivity index (χ2n) is 10.8. The number of rotatable bonds is 7. The molecule has 1 aliphatic carbocycles. The summed E-state index contributed by atoms with van der Waals surface area (Å²) in [7, 11) is -2.49. The summed E-state index contributed by atoms with van der Waals surface area (Å²) in [5.41, 5.74) is 5.73. The molecule has 0 heterocycles. The quantitative estimate of drug-likeness (QED) is 0.253. The minimum absolute atomic E-state index is 0.504. The van der Waals surface area contributed by atoms with E-state index < -0.39 is 8.07 Å². The van der Waals surface area contributed by atoms with Crippen LogP contribution in [0.4, 0.5) is 0 Å². The number of benzene rings is 3. The van der Waals surface area contributed by atoms with Crippen LogP contribution in [0.2, 0.25) is 0 Å². The van der Waals surface area contributed by atoms with Gasteiger partial charge in [0.15, 0.2) is 8.07 Å². The van der Waals surface area contributed by atoms with Gasteiger partial charge < -0.3 is 0 Å². The molecule has 1 aliphatic rings. The lowest BCUT2D eigenvalue weighted by Gasteiger charge is -2.37. The first kappa shape index (κ1) is 24.5. The zero-order valence-electron chi connectivity index (χ0n) is 22.0. The fourth-order valence-corrected chi connectivity index (χ4v) is 10.7. The molecular weight excluding hydrogens is 424 g/mol. The van der Waals surface area contributed by atoms with Gasteiger partial charge in [0.1, 0.15) is 0 Å². The van der Waals surface area contributed by atoms with Gasteiger partial charge in [-0.1, -0.05) is 132 Å². The van der Waals surface area contributed by atoms with Crippen LogP contribution < -0.4 is 15.6 Å². The first-order valence-electron chi connectivity index (χ1n) is 12.9. The van der Waals surface area contributed by atoms with Crippen LogP contribution in [-0.2, 0) is 0 Å². The van der Waals surface area contributed by atoms with E-state index >= 15 is 0 Å². The van der Waals surface area contributed by atoms with E-state index in [1.807, 2.05) is 0 Å². The second-order valence-corrected chi connectivity index (χ2v) is 14.6. The van der Waals surface area contributed by atoms with E-state index in [1.165, 1.54) is 37.8 Å². The van der Waals surface area contributed by atoms with Crippen molar-refractivity contribution in [3.05, 3.63) is 112 Å². The second kappa shape index (κ2) is 9.92. The molecule has 34 heavy (non-hydrogen) atoms. The van der Waals surface area contributed by atoms with Crippen molar-refractivity contribution in [2.75, 3.05) is 0 Å². The normalized spacial score (nSPS) is 14.2. The lowest BCUT2D eigenvalue weighted by atomic mass is 10.0. The Bertz CT molecular complexity index is 1100. The Hall–Kier alpha value is -2.64. The van der Waals surface area contributed by atoms with Crippen LogP contribution >= 0.6 is 0 Å². The summed E-state index contributed by atoms with van der Waals surface area (Å²) in [5.74, 6) is 1.51. The predicted octanol–water partition coefficient (Wildman–Crippen LogP) is 7.34. The van der Waals surface area contributed by atoms with Crippen molar-refractivity contribution in [2.24, 2.45) is 0 Å². The molecule has 0 fully saturated rings. The van der Waals surface area contributed by atoms with Crippen LogP contribution in [0.15, 0.2) is 95.7 Å². The van der Waals surface area contributed by atoms with Crippen LogP contribution in [0, 0.1) is 0 Å². The van der Waals surface area contributed by atoms with Crippen LogP contribution in [0.1, 0.15) is 89.3 Å². The third-order valence-corrected chi connectivity index (χ3v) is 12.5. The highest BCUT2D eigenvalue weighted by atomic mass is 28.3. The SMILES string of the molecule is CC1=CCC=C1[Si](c1cccc(C(C)C)c1)(c1cccc(C(C)C)c1)c1cccc(C(C)C)c1. The topological polar surface area (TPSA) is 0 Å². The third kappa shape index (κ3) is 4.39. The Morgan fingerprint density at radius 2 is 0.941 bits per heavy atom. The first-order chi connectivity index (χ1) is 16.2. The molecule has 3 aromatic rings. The molecular formula is C33H40Si. The smallest absolute Gasteiger partial charge is 0.0801 e. The predicted molar refractivity (Wildman–Crippen MR) is 153 cm³/mol. The number of hydrogen-bond acceptors (Lipinski definition) is 0.